The summed E-state index contributed by atoms with van der Waals surface area (Å²) >= 11 is 0. The van der Waals surface area contributed by atoms with E-state index < -0.39 is 17.8 Å². The molecule has 2 amide bonds. The van der Waals surface area contributed by atoms with Crippen molar-refractivity contribution >= 4 is 39.2 Å². The number of halogens is 2. The Labute approximate surface area is 182 Å². The second-order valence-electron chi connectivity index (χ2n) is 6.62. The van der Waals surface area contributed by atoms with Gasteiger partial charge in [0.1, 0.15) is 17.6 Å². The lowest BCUT2D eigenvalue weighted by atomic mass is 10.0. The predicted octanol–water partition coefficient (Wildman–Crippen LogP) is 4.75. The summed E-state index contributed by atoms with van der Waals surface area (Å²) in [6.07, 6.45) is 1.25. The van der Waals surface area contributed by atoms with Crippen LogP contribution in [0.1, 0.15) is 21.6 Å². The number of aromatic nitrogens is 1. The molecule has 0 aliphatic carbocycles. The molecule has 0 aliphatic rings. The molecule has 0 saturated carbocycles. The minimum Gasteiger partial charge on any atom is -0.339 e. The molecule has 0 spiro atoms. The fraction of sp³-hybridized carbons (Fsp3) is 0.136. The highest BCUT2D eigenvalue weighted by Crippen LogP contribution is 2.26. The number of rotatable bonds is 7. The summed E-state index contributed by atoms with van der Waals surface area (Å²) < 4.78 is 13.1. The van der Waals surface area contributed by atoms with Crippen molar-refractivity contribution in [2.24, 2.45) is 0 Å². The molecular weight excluding hydrogens is 425 g/mol. The van der Waals surface area contributed by atoms with Gasteiger partial charge < -0.3 is 10.6 Å². The molecule has 1 unspecified atom stereocenters. The SMILES string of the molecule is Cc1cc(SCl)ccc1NC(=O)C(Cc1ccccc1)NC(=O)c1ccc(F)cn1. The number of carbonyl (C=O) groups is 2. The standard InChI is InChI=1S/C22H19ClFN3O2S/c1-14-11-17(30-23)8-10-18(14)26-22(29)20(12-15-5-3-2-4-6-15)27-21(28)19-9-7-16(24)13-25-19/h2-11,13,20H,12H2,1H3,(H,26,29)(H,27,28). The number of pyridine rings is 1. The van der Waals surface area contributed by atoms with Crippen LogP contribution < -0.4 is 10.6 Å². The Hall–Kier alpha value is -2.90. The molecule has 0 fully saturated rings. The van der Waals surface area contributed by atoms with Gasteiger partial charge >= 0.3 is 0 Å². The first-order valence-corrected chi connectivity index (χ1v) is 10.8. The van der Waals surface area contributed by atoms with E-state index in [1.54, 1.807) is 12.1 Å². The average Bonchev–Trinajstić information content (AvgIpc) is 2.75. The lowest BCUT2D eigenvalue weighted by Crippen LogP contribution is -2.45. The molecule has 5 nitrogen and oxygen atoms in total. The number of hydrogen-bond acceptors (Lipinski definition) is 4. The summed E-state index contributed by atoms with van der Waals surface area (Å²) in [5, 5.41) is 5.56. The summed E-state index contributed by atoms with van der Waals surface area (Å²) in [7, 11) is 6.87. The van der Waals surface area contributed by atoms with Crippen molar-refractivity contribution < 1.29 is 14.0 Å². The summed E-state index contributed by atoms with van der Waals surface area (Å²) in [5.74, 6) is -1.47. The number of amides is 2. The van der Waals surface area contributed by atoms with E-state index in [-0.39, 0.29) is 18.0 Å². The van der Waals surface area contributed by atoms with Crippen molar-refractivity contribution in [2.45, 2.75) is 24.3 Å². The summed E-state index contributed by atoms with van der Waals surface area (Å²) in [5.41, 5.74) is 2.39. The molecule has 30 heavy (non-hydrogen) atoms. The van der Waals surface area contributed by atoms with E-state index in [2.05, 4.69) is 15.6 Å². The fourth-order valence-corrected chi connectivity index (χ4v) is 3.47. The maximum atomic E-state index is 13.1. The van der Waals surface area contributed by atoms with E-state index in [4.69, 9.17) is 10.7 Å². The molecule has 3 rings (SSSR count). The second-order valence-corrected chi connectivity index (χ2v) is 7.71. The lowest BCUT2D eigenvalue weighted by Gasteiger charge is -2.19. The van der Waals surface area contributed by atoms with E-state index in [1.165, 1.54) is 6.07 Å². The Bertz CT molecular complexity index is 1030. The van der Waals surface area contributed by atoms with Crippen molar-refractivity contribution in [1.82, 2.24) is 10.3 Å². The van der Waals surface area contributed by atoms with Crippen LogP contribution in [-0.4, -0.2) is 22.8 Å². The van der Waals surface area contributed by atoms with Crippen molar-refractivity contribution in [1.29, 1.82) is 0 Å². The van der Waals surface area contributed by atoms with E-state index in [9.17, 15) is 14.0 Å². The van der Waals surface area contributed by atoms with Crippen LogP contribution in [0.15, 0.2) is 71.8 Å². The Morgan fingerprint density at radius 1 is 1.13 bits per heavy atom. The summed E-state index contributed by atoms with van der Waals surface area (Å²) in [4.78, 5) is 30.2. The Kier molecular flexibility index (Phi) is 7.43. The highest BCUT2D eigenvalue weighted by molar-refractivity contribution is 8.21. The molecule has 8 heteroatoms. The zero-order valence-electron chi connectivity index (χ0n) is 16.1. The van der Waals surface area contributed by atoms with Gasteiger partial charge in [-0.15, -0.1) is 0 Å². The highest BCUT2D eigenvalue weighted by atomic mass is 35.7. The number of carbonyl (C=O) groups excluding carboxylic acids is 2. The summed E-state index contributed by atoms with van der Waals surface area (Å²) in [6, 6.07) is 16.3. The van der Waals surface area contributed by atoms with Crippen molar-refractivity contribution in [3.63, 3.8) is 0 Å². The maximum Gasteiger partial charge on any atom is 0.270 e. The van der Waals surface area contributed by atoms with Crippen LogP contribution in [0.5, 0.6) is 0 Å². The smallest absolute Gasteiger partial charge is 0.270 e. The van der Waals surface area contributed by atoms with Gasteiger partial charge in [-0.1, -0.05) is 30.3 Å². The highest BCUT2D eigenvalue weighted by Gasteiger charge is 2.23. The van der Waals surface area contributed by atoms with Crippen LogP contribution in [0.25, 0.3) is 0 Å². The van der Waals surface area contributed by atoms with Crippen LogP contribution in [0.4, 0.5) is 10.1 Å². The first-order chi connectivity index (χ1) is 14.5. The minimum atomic E-state index is -0.853. The normalized spacial score (nSPS) is 11.6. The zero-order chi connectivity index (χ0) is 21.5. The Balaban J connectivity index is 1.80. The Morgan fingerprint density at radius 3 is 2.53 bits per heavy atom. The van der Waals surface area contributed by atoms with Gasteiger partial charge in [0.25, 0.3) is 5.91 Å². The fourth-order valence-electron chi connectivity index (χ4n) is 2.85. The number of hydrogen-bond donors (Lipinski definition) is 2. The van der Waals surface area contributed by atoms with Crippen LogP contribution in [0.3, 0.4) is 0 Å². The molecule has 0 aliphatic heterocycles. The van der Waals surface area contributed by atoms with Crippen LogP contribution >= 0.6 is 21.7 Å². The topological polar surface area (TPSA) is 71.1 Å². The largest absolute Gasteiger partial charge is 0.339 e. The number of nitrogens with one attached hydrogen (secondary N) is 2. The monoisotopic (exact) mass is 443 g/mol. The molecule has 0 bridgehead atoms. The van der Waals surface area contributed by atoms with E-state index in [0.29, 0.717) is 5.69 Å². The molecule has 1 heterocycles. The second kappa shape index (κ2) is 10.2. The molecule has 2 N–H and O–H groups in total. The number of benzene rings is 2. The molecular formula is C22H19ClFN3O2S. The third-order valence-corrected chi connectivity index (χ3v) is 5.38. The predicted molar refractivity (Wildman–Crippen MR) is 117 cm³/mol. The van der Waals surface area contributed by atoms with Gasteiger partial charge in [0.2, 0.25) is 5.91 Å². The molecule has 1 aromatic heterocycles. The van der Waals surface area contributed by atoms with Crippen molar-refractivity contribution in [3.8, 4) is 0 Å². The lowest BCUT2D eigenvalue weighted by molar-refractivity contribution is -0.118. The van der Waals surface area contributed by atoms with Gasteiger partial charge in [-0.3, -0.25) is 9.59 Å². The van der Waals surface area contributed by atoms with Crippen molar-refractivity contribution in [3.05, 3.63) is 89.5 Å². The van der Waals surface area contributed by atoms with Gasteiger partial charge in [0.15, 0.2) is 0 Å². The molecule has 154 valence electrons. The third kappa shape index (κ3) is 5.81. The van der Waals surface area contributed by atoms with E-state index in [1.807, 2.05) is 43.3 Å². The van der Waals surface area contributed by atoms with Gasteiger partial charge in [-0.2, -0.15) is 0 Å². The molecule has 2 aromatic carbocycles. The molecule has 3 aromatic rings. The van der Waals surface area contributed by atoms with E-state index in [0.717, 1.165) is 39.3 Å². The average molecular weight is 444 g/mol. The van der Waals surface area contributed by atoms with Gasteiger partial charge in [0.05, 0.1) is 6.20 Å². The van der Waals surface area contributed by atoms with Crippen molar-refractivity contribution in [2.75, 3.05) is 5.32 Å². The molecule has 0 saturated heterocycles. The van der Waals surface area contributed by atoms with Crippen LogP contribution in [0, 0.1) is 12.7 Å². The van der Waals surface area contributed by atoms with Crippen LogP contribution in [0.2, 0.25) is 0 Å². The number of anilines is 1. The maximum absolute atomic E-state index is 13.1. The van der Waals surface area contributed by atoms with E-state index >= 15 is 0 Å². The van der Waals surface area contributed by atoms with Gasteiger partial charge in [-0.25, -0.2) is 9.37 Å². The first kappa shape index (κ1) is 21.8. The minimum absolute atomic E-state index is 0.0296. The van der Waals surface area contributed by atoms with Crippen LogP contribution in [-0.2, 0) is 11.2 Å². The number of nitrogens with zero attached hydrogens (tertiary/aromatic N) is 1. The first-order valence-electron chi connectivity index (χ1n) is 9.12. The van der Waals surface area contributed by atoms with Gasteiger partial charge in [0, 0.05) is 17.0 Å². The van der Waals surface area contributed by atoms with Gasteiger partial charge in [-0.05, 0) is 70.0 Å². The number of aryl methyl sites for hydroxylation is 1. The quantitative estimate of drug-likeness (QED) is 0.552. The third-order valence-electron chi connectivity index (χ3n) is 4.41. The zero-order valence-corrected chi connectivity index (χ0v) is 17.6. The molecule has 1 atom stereocenters. The summed E-state index contributed by atoms with van der Waals surface area (Å²) in [6.45, 7) is 1.86. The molecule has 0 radical (unpaired) electrons. The Morgan fingerprint density at radius 2 is 1.90 bits per heavy atom.